The number of fused-ring (bicyclic) bond motifs is 10. The van der Waals surface area contributed by atoms with E-state index >= 15 is 0 Å². The van der Waals surface area contributed by atoms with Gasteiger partial charge in [-0.2, -0.15) is 0 Å². The van der Waals surface area contributed by atoms with Crippen LogP contribution in [-0.2, 0) is 0 Å². The van der Waals surface area contributed by atoms with Crippen LogP contribution >= 0.6 is 11.3 Å². The molecule has 0 amide bonds. The first kappa shape index (κ1) is 31.9. The minimum atomic E-state index is 0.652. The van der Waals surface area contributed by atoms with Gasteiger partial charge in [-0.15, -0.1) is 11.3 Å². The topological polar surface area (TPSA) is 48.5 Å². The Labute approximate surface area is 331 Å². The van der Waals surface area contributed by atoms with Crippen molar-refractivity contribution in [1.82, 2.24) is 24.1 Å². The van der Waals surface area contributed by atoms with Gasteiger partial charge in [-0.1, -0.05) is 127 Å². The summed E-state index contributed by atoms with van der Waals surface area (Å²) in [4.78, 5) is 15.0. The summed E-state index contributed by atoms with van der Waals surface area (Å²) in [5, 5.41) is 7.33. The number of rotatable bonds is 5. The fourth-order valence-corrected chi connectivity index (χ4v) is 9.66. The summed E-state index contributed by atoms with van der Waals surface area (Å²) in [5.74, 6) is 1.96. The fourth-order valence-electron chi connectivity index (χ4n) is 8.60. The van der Waals surface area contributed by atoms with Crippen LogP contribution < -0.4 is 0 Å². The summed E-state index contributed by atoms with van der Waals surface area (Å²) < 4.78 is 7.37. The summed E-state index contributed by atoms with van der Waals surface area (Å²) in [7, 11) is 0. The molecule has 5 nitrogen and oxygen atoms in total. The fraction of sp³-hybridized carbons (Fsp3) is 0. The predicted molar refractivity (Wildman–Crippen MR) is 238 cm³/mol. The molecule has 0 saturated heterocycles. The van der Waals surface area contributed by atoms with Crippen LogP contribution in [0.2, 0.25) is 0 Å². The van der Waals surface area contributed by atoms with E-state index in [-0.39, 0.29) is 0 Å². The van der Waals surface area contributed by atoms with Gasteiger partial charge in [0, 0.05) is 69.8 Å². The van der Waals surface area contributed by atoms with Crippen molar-refractivity contribution in [3.63, 3.8) is 0 Å². The Hall–Kier alpha value is -7.41. The maximum absolute atomic E-state index is 5.05. The summed E-state index contributed by atoms with van der Waals surface area (Å²) >= 11 is 1.82. The molecule has 0 saturated carbocycles. The number of thiophene rings is 1. The van der Waals surface area contributed by atoms with Gasteiger partial charge in [-0.3, -0.25) is 0 Å². The normalized spacial score (nSPS) is 11.9. The zero-order chi connectivity index (χ0) is 37.5. The third-order valence-corrected chi connectivity index (χ3v) is 12.3. The third kappa shape index (κ3) is 4.98. The molecule has 266 valence electrons. The Kier molecular flexibility index (Phi) is 7.03. The van der Waals surface area contributed by atoms with Gasteiger partial charge in [0.15, 0.2) is 17.5 Å². The molecular weight excluding hydrogens is 715 g/mol. The maximum Gasteiger partial charge on any atom is 0.164 e. The van der Waals surface area contributed by atoms with E-state index in [4.69, 9.17) is 15.0 Å². The summed E-state index contributed by atoms with van der Waals surface area (Å²) in [6, 6.07) is 66.8. The highest BCUT2D eigenvalue weighted by Crippen LogP contribution is 2.43. The van der Waals surface area contributed by atoms with Crippen molar-refractivity contribution in [2.45, 2.75) is 0 Å². The van der Waals surface area contributed by atoms with E-state index < -0.39 is 0 Å². The van der Waals surface area contributed by atoms with Gasteiger partial charge in [0.05, 0.1) is 22.1 Å². The second-order valence-electron chi connectivity index (χ2n) is 14.4. The Bertz CT molecular complexity index is 3450. The van der Waals surface area contributed by atoms with Crippen molar-refractivity contribution < 1.29 is 0 Å². The lowest BCUT2D eigenvalue weighted by Crippen LogP contribution is -2.00. The van der Waals surface area contributed by atoms with Gasteiger partial charge >= 0.3 is 0 Å². The van der Waals surface area contributed by atoms with Crippen LogP contribution in [0.1, 0.15) is 0 Å². The van der Waals surface area contributed by atoms with E-state index in [0.29, 0.717) is 17.5 Å². The number of para-hydroxylation sites is 3. The molecule has 0 aliphatic heterocycles. The van der Waals surface area contributed by atoms with Crippen molar-refractivity contribution in [2.75, 3.05) is 0 Å². The molecule has 12 rings (SSSR count). The lowest BCUT2D eigenvalue weighted by Gasteiger charge is -2.13. The standard InChI is InChI=1S/C51H31N5S/c1-4-14-32(15-5-1)49-52-50(33-16-6-2-7-17-33)54-51(53-49)34-24-28-45-41(30-34)42-31-36(25-29-46(42)57-45)56-44-23-13-11-21-38(44)40-27-26-39-37-20-10-12-22-43(37)55(47(39)48(40)56)35-18-8-3-9-19-35/h1-31H. The van der Waals surface area contributed by atoms with E-state index in [1.165, 1.54) is 63.8 Å². The molecule has 57 heavy (non-hydrogen) atoms. The highest BCUT2D eigenvalue weighted by molar-refractivity contribution is 7.25. The molecule has 0 aliphatic carbocycles. The molecule has 0 spiro atoms. The smallest absolute Gasteiger partial charge is 0.164 e. The Morgan fingerprint density at radius 2 is 0.772 bits per heavy atom. The number of hydrogen-bond acceptors (Lipinski definition) is 4. The molecule has 4 heterocycles. The van der Waals surface area contributed by atoms with Gasteiger partial charge in [-0.05, 0) is 60.7 Å². The number of aromatic nitrogens is 5. The summed E-state index contributed by atoms with van der Waals surface area (Å²) in [5.41, 5.74) is 9.89. The lowest BCUT2D eigenvalue weighted by molar-refractivity contribution is 1.07. The Balaban J connectivity index is 1.11. The van der Waals surface area contributed by atoms with Crippen LogP contribution in [0.15, 0.2) is 188 Å². The average Bonchev–Trinajstić information content (AvgIpc) is 3.94. The van der Waals surface area contributed by atoms with Crippen molar-refractivity contribution in [1.29, 1.82) is 0 Å². The monoisotopic (exact) mass is 745 g/mol. The van der Waals surface area contributed by atoms with Crippen LogP contribution in [0.4, 0.5) is 0 Å². The molecule has 0 radical (unpaired) electrons. The van der Waals surface area contributed by atoms with E-state index in [0.717, 1.165) is 28.1 Å². The van der Waals surface area contributed by atoms with Crippen LogP contribution in [0.3, 0.4) is 0 Å². The highest BCUT2D eigenvalue weighted by Gasteiger charge is 2.22. The molecule has 0 aliphatic rings. The molecule has 0 bridgehead atoms. The Morgan fingerprint density at radius 3 is 1.35 bits per heavy atom. The second-order valence-corrected chi connectivity index (χ2v) is 15.5. The van der Waals surface area contributed by atoms with Crippen molar-refractivity contribution in [2.24, 2.45) is 0 Å². The van der Waals surface area contributed by atoms with Gasteiger partial charge in [0.1, 0.15) is 0 Å². The SMILES string of the molecule is c1ccc(-c2nc(-c3ccccc3)nc(-c3ccc4sc5ccc(-n6c7ccccc7c7ccc8c9ccccc9n(-c9ccccc9)c8c76)cc5c4c3)n2)cc1. The second kappa shape index (κ2) is 12.6. The first-order valence-electron chi connectivity index (χ1n) is 19.1. The minimum Gasteiger partial charge on any atom is -0.307 e. The predicted octanol–water partition coefficient (Wildman–Crippen LogP) is 13.4. The first-order chi connectivity index (χ1) is 28.3. The first-order valence-corrected chi connectivity index (χ1v) is 19.9. The molecular formula is C51H31N5S. The number of benzene rings is 8. The van der Waals surface area contributed by atoms with E-state index in [1.54, 1.807) is 0 Å². The zero-order valence-corrected chi connectivity index (χ0v) is 31.4. The molecule has 0 N–H and O–H groups in total. The molecule has 8 aromatic carbocycles. The van der Waals surface area contributed by atoms with Crippen LogP contribution in [0.5, 0.6) is 0 Å². The van der Waals surface area contributed by atoms with Gasteiger partial charge in [0.2, 0.25) is 0 Å². The largest absolute Gasteiger partial charge is 0.307 e. The van der Waals surface area contributed by atoms with Gasteiger partial charge in [-0.25, -0.2) is 15.0 Å². The molecule has 0 unspecified atom stereocenters. The minimum absolute atomic E-state index is 0.652. The van der Waals surface area contributed by atoms with E-state index in [1.807, 2.05) is 72.0 Å². The summed E-state index contributed by atoms with van der Waals surface area (Å²) in [6.07, 6.45) is 0. The van der Waals surface area contributed by atoms with E-state index in [9.17, 15) is 0 Å². The quantitative estimate of drug-likeness (QED) is 0.176. The van der Waals surface area contributed by atoms with E-state index in [2.05, 4.69) is 137 Å². The molecule has 0 fully saturated rings. The van der Waals surface area contributed by atoms with Crippen LogP contribution in [-0.4, -0.2) is 24.1 Å². The van der Waals surface area contributed by atoms with Gasteiger partial charge < -0.3 is 9.13 Å². The Morgan fingerprint density at radius 1 is 0.316 bits per heavy atom. The molecule has 0 atom stereocenters. The average molecular weight is 746 g/mol. The molecule has 12 aromatic rings. The van der Waals surface area contributed by atoms with Crippen molar-refractivity contribution in [3.05, 3.63) is 188 Å². The van der Waals surface area contributed by atoms with Crippen molar-refractivity contribution >= 4 is 75.1 Å². The van der Waals surface area contributed by atoms with Crippen LogP contribution in [0, 0.1) is 0 Å². The summed E-state index contributed by atoms with van der Waals surface area (Å²) in [6.45, 7) is 0. The molecule has 4 aromatic heterocycles. The highest BCUT2D eigenvalue weighted by atomic mass is 32.1. The number of nitrogens with zero attached hydrogens (tertiary/aromatic N) is 5. The lowest BCUT2D eigenvalue weighted by atomic mass is 10.1. The zero-order valence-electron chi connectivity index (χ0n) is 30.5. The maximum atomic E-state index is 5.05. The number of hydrogen-bond donors (Lipinski definition) is 0. The third-order valence-electron chi connectivity index (χ3n) is 11.2. The molecule has 6 heteroatoms. The van der Waals surface area contributed by atoms with Crippen LogP contribution in [0.25, 0.3) is 109 Å². The van der Waals surface area contributed by atoms with Crippen molar-refractivity contribution in [3.8, 4) is 45.5 Å². The van der Waals surface area contributed by atoms with Gasteiger partial charge in [0.25, 0.3) is 0 Å².